The van der Waals surface area contributed by atoms with Gasteiger partial charge in [-0.3, -0.25) is 4.98 Å². The summed E-state index contributed by atoms with van der Waals surface area (Å²) in [6.07, 6.45) is 3.24. The van der Waals surface area contributed by atoms with Crippen molar-refractivity contribution in [1.29, 1.82) is 0 Å². The maximum Gasteiger partial charge on any atom is 0.151 e. The molecule has 0 aliphatic carbocycles. The molecule has 4 heteroatoms. The molecule has 0 radical (unpaired) electrons. The molecule has 1 aromatic carbocycles. The van der Waals surface area contributed by atoms with Crippen LogP contribution in [0.25, 0.3) is 0 Å². The Labute approximate surface area is 101 Å². The number of hydrogen-bond acceptors (Lipinski definition) is 4. The first-order valence-corrected chi connectivity index (χ1v) is 5.43. The average Bonchev–Trinajstić information content (AvgIpc) is 2.39. The van der Waals surface area contributed by atoms with E-state index >= 15 is 0 Å². The van der Waals surface area contributed by atoms with Crippen LogP contribution in [0, 0.1) is 6.92 Å². The van der Waals surface area contributed by atoms with Gasteiger partial charge in [0.05, 0.1) is 24.7 Å². The van der Waals surface area contributed by atoms with Crippen LogP contribution in [0.15, 0.2) is 36.7 Å². The molecule has 17 heavy (non-hydrogen) atoms. The van der Waals surface area contributed by atoms with Gasteiger partial charge in [-0.2, -0.15) is 0 Å². The number of anilines is 2. The van der Waals surface area contributed by atoms with Crippen molar-refractivity contribution in [2.75, 3.05) is 11.9 Å². The van der Waals surface area contributed by atoms with Crippen LogP contribution >= 0.6 is 0 Å². The number of nitrogens with zero attached hydrogens (tertiary/aromatic N) is 3. The van der Waals surface area contributed by atoms with Gasteiger partial charge >= 0.3 is 0 Å². The van der Waals surface area contributed by atoms with E-state index in [0.29, 0.717) is 5.69 Å². The van der Waals surface area contributed by atoms with Crippen LogP contribution in [-0.2, 0) is 6.61 Å². The molecular formula is C13H15N3O. The van der Waals surface area contributed by atoms with E-state index in [4.69, 9.17) is 5.11 Å². The fourth-order valence-electron chi connectivity index (χ4n) is 1.53. The molecule has 0 amide bonds. The van der Waals surface area contributed by atoms with Crippen LogP contribution in [0.4, 0.5) is 11.5 Å². The van der Waals surface area contributed by atoms with Crippen LogP contribution in [0.3, 0.4) is 0 Å². The zero-order valence-corrected chi connectivity index (χ0v) is 9.96. The second-order valence-corrected chi connectivity index (χ2v) is 3.92. The lowest BCUT2D eigenvalue weighted by atomic mass is 10.2. The second kappa shape index (κ2) is 4.93. The molecule has 4 nitrogen and oxygen atoms in total. The first kappa shape index (κ1) is 11.5. The molecule has 0 fully saturated rings. The molecule has 0 saturated carbocycles. The molecule has 0 atom stereocenters. The summed E-state index contributed by atoms with van der Waals surface area (Å²) in [5.41, 5.74) is 2.83. The average molecular weight is 229 g/mol. The molecule has 0 aliphatic rings. The predicted octanol–water partition coefficient (Wildman–Crippen LogP) is 2.05. The first-order chi connectivity index (χ1) is 8.20. The van der Waals surface area contributed by atoms with Crippen molar-refractivity contribution in [2.24, 2.45) is 0 Å². The quantitative estimate of drug-likeness (QED) is 0.875. The van der Waals surface area contributed by atoms with E-state index in [1.807, 2.05) is 24.1 Å². The lowest BCUT2D eigenvalue weighted by molar-refractivity contribution is 0.276. The predicted molar refractivity (Wildman–Crippen MR) is 67.2 cm³/mol. The van der Waals surface area contributed by atoms with Gasteiger partial charge in [-0.15, -0.1) is 0 Å². The minimum atomic E-state index is -0.0947. The van der Waals surface area contributed by atoms with E-state index in [1.165, 1.54) is 5.56 Å². The molecule has 0 spiro atoms. The van der Waals surface area contributed by atoms with Crippen molar-refractivity contribution in [3.05, 3.63) is 47.9 Å². The van der Waals surface area contributed by atoms with Crippen LogP contribution in [-0.4, -0.2) is 22.1 Å². The van der Waals surface area contributed by atoms with Gasteiger partial charge in [-0.25, -0.2) is 4.98 Å². The Hall–Kier alpha value is -1.94. The summed E-state index contributed by atoms with van der Waals surface area (Å²) in [5, 5.41) is 9.03. The summed E-state index contributed by atoms with van der Waals surface area (Å²) in [6, 6.07) is 8.16. The van der Waals surface area contributed by atoms with Gasteiger partial charge in [-0.1, -0.05) is 17.7 Å². The third-order valence-corrected chi connectivity index (χ3v) is 2.60. The summed E-state index contributed by atoms with van der Waals surface area (Å²) in [7, 11) is 1.93. The fraction of sp³-hybridized carbons (Fsp3) is 0.231. The van der Waals surface area contributed by atoms with Crippen molar-refractivity contribution < 1.29 is 5.11 Å². The number of aromatic nitrogens is 2. The standard InChI is InChI=1S/C13H15N3O/c1-10-3-5-12(6-4-10)16(2)13-8-14-7-11(9-17)15-13/h3-8,17H,9H2,1-2H3. The highest BCUT2D eigenvalue weighted by Gasteiger charge is 2.06. The Morgan fingerprint density at radius 1 is 1.18 bits per heavy atom. The molecule has 2 rings (SSSR count). The molecule has 88 valence electrons. The zero-order valence-electron chi connectivity index (χ0n) is 9.96. The van der Waals surface area contributed by atoms with Crippen molar-refractivity contribution in [1.82, 2.24) is 9.97 Å². The second-order valence-electron chi connectivity index (χ2n) is 3.92. The van der Waals surface area contributed by atoms with Gasteiger partial charge in [0.15, 0.2) is 5.82 Å². The lowest BCUT2D eigenvalue weighted by Gasteiger charge is -2.18. The number of aryl methyl sites for hydroxylation is 1. The molecule has 0 saturated heterocycles. The van der Waals surface area contributed by atoms with Gasteiger partial charge < -0.3 is 10.0 Å². The van der Waals surface area contributed by atoms with Crippen LogP contribution in [0.1, 0.15) is 11.3 Å². The third kappa shape index (κ3) is 2.60. The Kier molecular flexibility index (Phi) is 3.35. The topological polar surface area (TPSA) is 49.2 Å². The smallest absolute Gasteiger partial charge is 0.151 e. The number of benzene rings is 1. The SMILES string of the molecule is Cc1ccc(N(C)c2cncc(CO)n2)cc1. The number of rotatable bonds is 3. The first-order valence-electron chi connectivity index (χ1n) is 5.43. The normalized spacial score (nSPS) is 10.3. The third-order valence-electron chi connectivity index (χ3n) is 2.60. The van der Waals surface area contributed by atoms with E-state index in [0.717, 1.165) is 11.5 Å². The van der Waals surface area contributed by atoms with Gasteiger partial charge in [0.1, 0.15) is 0 Å². The van der Waals surface area contributed by atoms with Gasteiger partial charge in [0, 0.05) is 12.7 Å². The van der Waals surface area contributed by atoms with E-state index in [9.17, 15) is 0 Å². The Morgan fingerprint density at radius 2 is 1.88 bits per heavy atom. The maximum absolute atomic E-state index is 9.03. The highest BCUT2D eigenvalue weighted by molar-refractivity contribution is 5.58. The summed E-state index contributed by atoms with van der Waals surface area (Å²) in [4.78, 5) is 10.3. The highest BCUT2D eigenvalue weighted by atomic mass is 16.3. The highest BCUT2D eigenvalue weighted by Crippen LogP contribution is 2.21. The molecule has 2 aromatic rings. The van der Waals surface area contributed by atoms with Gasteiger partial charge in [0.25, 0.3) is 0 Å². The van der Waals surface area contributed by atoms with Crippen molar-refractivity contribution in [2.45, 2.75) is 13.5 Å². The molecule has 0 aliphatic heterocycles. The minimum absolute atomic E-state index is 0.0947. The van der Waals surface area contributed by atoms with E-state index in [1.54, 1.807) is 12.4 Å². The van der Waals surface area contributed by atoms with Crippen LogP contribution in [0.2, 0.25) is 0 Å². The molecule has 1 aromatic heterocycles. The van der Waals surface area contributed by atoms with E-state index in [2.05, 4.69) is 29.0 Å². The number of aliphatic hydroxyl groups is 1. The van der Waals surface area contributed by atoms with E-state index in [-0.39, 0.29) is 6.61 Å². The van der Waals surface area contributed by atoms with Crippen molar-refractivity contribution in [3.8, 4) is 0 Å². The summed E-state index contributed by atoms with van der Waals surface area (Å²) >= 11 is 0. The van der Waals surface area contributed by atoms with Crippen LogP contribution in [0.5, 0.6) is 0 Å². The molecule has 0 bridgehead atoms. The van der Waals surface area contributed by atoms with Gasteiger partial charge in [-0.05, 0) is 19.1 Å². The molecule has 0 unspecified atom stereocenters. The van der Waals surface area contributed by atoms with Crippen molar-refractivity contribution >= 4 is 11.5 Å². The van der Waals surface area contributed by atoms with Gasteiger partial charge in [0.2, 0.25) is 0 Å². The molecular weight excluding hydrogens is 214 g/mol. The van der Waals surface area contributed by atoms with Crippen LogP contribution < -0.4 is 4.90 Å². The van der Waals surface area contributed by atoms with Crippen molar-refractivity contribution in [3.63, 3.8) is 0 Å². The maximum atomic E-state index is 9.03. The summed E-state index contributed by atoms with van der Waals surface area (Å²) in [5.74, 6) is 0.723. The zero-order chi connectivity index (χ0) is 12.3. The number of hydrogen-bond donors (Lipinski definition) is 1. The molecule has 1 N–H and O–H groups in total. The largest absolute Gasteiger partial charge is 0.390 e. The van der Waals surface area contributed by atoms with E-state index < -0.39 is 0 Å². The fourth-order valence-corrected chi connectivity index (χ4v) is 1.53. The Bertz CT molecular complexity index is 496. The summed E-state index contributed by atoms with van der Waals surface area (Å²) < 4.78 is 0. The monoisotopic (exact) mass is 229 g/mol. The summed E-state index contributed by atoms with van der Waals surface area (Å²) in [6.45, 7) is 1.96. The lowest BCUT2D eigenvalue weighted by Crippen LogP contribution is -2.12. The Morgan fingerprint density at radius 3 is 2.53 bits per heavy atom. The minimum Gasteiger partial charge on any atom is -0.390 e. The molecule has 1 heterocycles. The number of aliphatic hydroxyl groups excluding tert-OH is 1. The Balaban J connectivity index is 2.29.